The van der Waals surface area contributed by atoms with Gasteiger partial charge in [-0.1, -0.05) is 0 Å². The van der Waals surface area contributed by atoms with Crippen LogP contribution in [0.15, 0.2) is 51.7 Å². The van der Waals surface area contributed by atoms with E-state index in [4.69, 9.17) is 28.1 Å². The third-order valence-corrected chi connectivity index (χ3v) is 7.31. The zero-order valence-corrected chi connectivity index (χ0v) is 22.5. The minimum atomic E-state index is -1.68. The Hall–Kier alpha value is -3.31. The molecule has 2 fully saturated rings. The number of methoxy groups -OCH3 is 1. The lowest BCUT2D eigenvalue weighted by Gasteiger charge is -2.42. The summed E-state index contributed by atoms with van der Waals surface area (Å²) in [6.07, 6.45) is -14.2. The first-order valence-corrected chi connectivity index (χ1v) is 13.1. The molecule has 3 aromatic rings. The van der Waals surface area contributed by atoms with Gasteiger partial charge in [0, 0.05) is 23.8 Å². The SMILES string of the molecule is COc1cc(O)c2c(=O)cc(-c3ccc(OC4OC(COC5OC(C)C(O)C(O)C5O)C(O)C(O)C4O)cc3)oc2c1. The highest BCUT2D eigenvalue weighted by molar-refractivity contribution is 5.86. The molecule has 2 aliphatic heterocycles. The van der Waals surface area contributed by atoms with Gasteiger partial charge in [-0.2, -0.15) is 0 Å². The van der Waals surface area contributed by atoms with Crippen molar-refractivity contribution in [1.82, 2.24) is 0 Å². The van der Waals surface area contributed by atoms with E-state index in [1.807, 2.05) is 0 Å². The minimum absolute atomic E-state index is 0.00931. The smallest absolute Gasteiger partial charge is 0.229 e. The molecule has 0 radical (unpaired) electrons. The van der Waals surface area contributed by atoms with Crippen molar-refractivity contribution in [2.24, 2.45) is 0 Å². The highest BCUT2D eigenvalue weighted by atomic mass is 16.7. The van der Waals surface area contributed by atoms with Crippen LogP contribution in [0.2, 0.25) is 0 Å². The fraction of sp³-hybridized carbons (Fsp3) is 0.464. The number of hydrogen-bond donors (Lipinski definition) is 7. The normalized spacial score (nSPS) is 33.4. The highest BCUT2D eigenvalue weighted by Gasteiger charge is 2.47. The topological polar surface area (TPSA) is 218 Å². The number of aliphatic hydroxyl groups excluding tert-OH is 6. The molecule has 10 atom stereocenters. The Morgan fingerprint density at radius 2 is 1.45 bits per heavy atom. The van der Waals surface area contributed by atoms with E-state index in [2.05, 4.69) is 0 Å². The fourth-order valence-corrected chi connectivity index (χ4v) is 4.83. The number of rotatable bonds is 7. The molecule has 14 heteroatoms. The maximum Gasteiger partial charge on any atom is 0.229 e. The number of benzene rings is 2. The average Bonchev–Trinajstić information content (AvgIpc) is 2.97. The van der Waals surface area contributed by atoms with Gasteiger partial charge in [0.1, 0.15) is 76.7 Å². The Bertz CT molecular complexity index is 1440. The molecule has 0 amide bonds. The van der Waals surface area contributed by atoms with Crippen molar-refractivity contribution in [1.29, 1.82) is 0 Å². The van der Waals surface area contributed by atoms with E-state index in [-0.39, 0.29) is 28.2 Å². The maximum atomic E-state index is 12.6. The quantitative estimate of drug-likeness (QED) is 0.179. The number of aliphatic hydroxyl groups is 6. The molecule has 3 heterocycles. The number of fused-ring (bicyclic) bond motifs is 1. The molecule has 2 saturated heterocycles. The van der Waals surface area contributed by atoms with Gasteiger partial charge in [0.05, 0.1) is 19.8 Å². The largest absolute Gasteiger partial charge is 0.507 e. The molecule has 1 aromatic heterocycles. The Morgan fingerprint density at radius 3 is 2.14 bits per heavy atom. The second-order valence-corrected chi connectivity index (χ2v) is 10.2. The molecule has 0 bridgehead atoms. The summed E-state index contributed by atoms with van der Waals surface area (Å²) >= 11 is 0. The van der Waals surface area contributed by atoms with Crippen molar-refractivity contribution < 1.29 is 63.8 Å². The van der Waals surface area contributed by atoms with Gasteiger partial charge in [-0.25, -0.2) is 0 Å². The van der Waals surface area contributed by atoms with Gasteiger partial charge in [-0.3, -0.25) is 4.79 Å². The van der Waals surface area contributed by atoms with Crippen molar-refractivity contribution in [3.63, 3.8) is 0 Å². The van der Waals surface area contributed by atoms with Gasteiger partial charge in [0.2, 0.25) is 6.29 Å². The maximum absolute atomic E-state index is 12.6. The van der Waals surface area contributed by atoms with Gasteiger partial charge in [-0.15, -0.1) is 0 Å². The summed E-state index contributed by atoms with van der Waals surface area (Å²) in [6.45, 7) is 1.05. The lowest BCUT2D eigenvalue weighted by atomic mass is 9.98. The molecule has 2 aromatic carbocycles. The Kier molecular flexibility index (Phi) is 8.71. The van der Waals surface area contributed by atoms with Crippen LogP contribution in [-0.2, 0) is 14.2 Å². The second-order valence-electron chi connectivity index (χ2n) is 10.2. The molecule has 0 saturated carbocycles. The third-order valence-electron chi connectivity index (χ3n) is 7.31. The van der Waals surface area contributed by atoms with E-state index in [0.717, 1.165) is 0 Å². The first kappa shape index (κ1) is 30.2. The van der Waals surface area contributed by atoms with Crippen LogP contribution < -0.4 is 14.9 Å². The Labute approximate surface area is 238 Å². The summed E-state index contributed by atoms with van der Waals surface area (Å²) < 4.78 is 33.1. The fourth-order valence-electron chi connectivity index (χ4n) is 4.83. The monoisotopic (exact) mass is 592 g/mol. The van der Waals surface area contributed by atoms with E-state index in [1.54, 1.807) is 12.1 Å². The number of phenolic OH excluding ortho intramolecular Hbond substituents is 1. The van der Waals surface area contributed by atoms with Gasteiger partial charge in [0.25, 0.3) is 0 Å². The molecule has 5 rings (SSSR count). The minimum Gasteiger partial charge on any atom is -0.507 e. The molecule has 0 aliphatic carbocycles. The highest BCUT2D eigenvalue weighted by Crippen LogP contribution is 2.32. The first-order chi connectivity index (χ1) is 20.0. The molecule has 14 nitrogen and oxygen atoms in total. The molecular formula is C28H32O14. The van der Waals surface area contributed by atoms with Crippen LogP contribution in [0, 0.1) is 0 Å². The third kappa shape index (κ3) is 5.81. The van der Waals surface area contributed by atoms with E-state index in [1.165, 1.54) is 44.4 Å². The molecule has 7 N–H and O–H groups in total. The number of hydrogen-bond acceptors (Lipinski definition) is 14. The Morgan fingerprint density at radius 1 is 0.786 bits per heavy atom. The van der Waals surface area contributed by atoms with Crippen LogP contribution in [0.1, 0.15) is 6.92 Å². The summed E-state index contributed by atoms with van der Waals surface area (Å²) in [5.41, 5.74) is 0.154. The standard InChI is InChI=1S/C28H32O14/c1-11-21(31)23(33)25(35)27(39-11)38-10-19-22(32)24(34)26(36)28(42-19)40-13-5-3-12(4-6-13)17-9-16(30)20-15(29)7-14(37-2)8-18(20)41-17/h3-9,11,19,21-29,31-36H,10H2,1-2H3. The van der Waals surface area contributed by atoms with Crippen LogP contribution in [0.4, 0.5) is 0 Å². The molecule has 2 aliphatic rings. The van der Waals surface area contributed by atoms with E-state index in [9.17, 15) is 40.5 Å². The van der Waals surface area contributed by atoms with Crippen LogP contribution in [0.5, 0.6) is 17.2 Å². The van der Waals surface area contributed by atoms with Crippen LogP contribution in [0.3, 0.4) is 0 Å². The Balaban J connectivity index is 1.28. The molecule has 42 heavy (non-hydrogen) atoms. The molecule has 10 unspecified atom stereocenters. The zero-order valence-electron chi connectivity index (χ0n) is 22.5. The number of phenols is 1. The molecule has 0 spiro atoms. The summed E-state index contributed by atoms with van der Waals surface area (Å²) in [5.74, 6) is 0.435. The average molecular weight is 593 g/mol. The molecular weight excluding hydrogens is 560 g/mol. The number of aromatic hydroxyl groups is 1. The van der Waals surface area contributed by atoms with Crippen molar-refractivity contribution in [3.8, 4) is 28.6 Å². The lowest BCUT2D eigenvalue weighted by molar-refractivity contribution is -0.318. The van der Waals surface area contributed by atoms with E-state index in [0.29, 0.717) is 11.3 Å². The van der Waals surface area contributed by atoms with Crippen LogP contribution >= 0.6 is 0 Å². The summed E-state index contributed by atoms with van der Waals surface area (Å²) in [4.78, 5) is 12.6. The van der Waals surface area contributed by atoms with Crippen molar-refractivity contribution in [2.45, 2.75) is 68.3 Å². The van der Waals surface area contributed by atoms with Gasteiger partial charge < -0.3 is 63.8 Å². The van der Waals surface area contributed by atoms with Gasteiger partial charge >= 0.3 is 0 Å². The zero-order chi connectivity index (χ0) is 30.3. The van der Waals surface area contributed by atoms with Crippen molar-refractivity contribution in [2.75, 3.05) is 13.7 Å². The predicted molar refractivity (Wildman–Crippen MR) is 142 cm³/mol. The van der Waals surface area contributed by atoms with Crippen molar-refractivity contribution >= 4 is 11.0 Å². The summed E-state index contributed by atoms with van der Waals surface area (Å²) in [7, 11) is 1.41. The van der Waals surface area contributed by atoms with E-state index < -0.39 is 73.4 Å². The van der Waals surface area contributed by atoms with Crippen molar-refractivity contribution in [3.05, 3.63) is 52.7 Å². The van der Waals surface area contributed by atoms with Gasteiger partial charge in [-0.05, 0) is 31.2 Å². The van der Waals surface area contributed by atoms with Crippen LogP contribution in [-0.4, -0.2) is 111 Å². The lowest BCUT2D eigenvalue weighted by Crippen LogP contribution is -2.61. The summed E-state index contributed by atoms with van der Waals surface area (Å²) in [5, 5.41) is 71.4. The summed E-state index contributed by atoms with van der Waals surface area (Å²) in [6, 6.07) is 10.2. The predicted octanol–water partition coefficient (Wildman–Crippen LogP) is -0.795. The van der Waals surface area contributed by atoms with Crippen LogP contribution in [0.25, 0.3) is 22.3 Å². The van der Waals surface area contributed by atoms with Gasteiger partial charge in [0.15, 0.2) is 11.7 Å². The second kappa shape index (κ2) is 12.1. The molecule has 228 valence electrons. The van der Waals surface area contributed by atoms with E-state index >= 15 is 0 Å². The first-order valence-electron chi connectivity index (χ1n) is 13.1. The number of ether oxygens (including phenoxy) is 5.